The Hall–Kier alpha value is -2.13. The van der Waals surface area contributed by atoms with E-state index in [0.29, 0.717) is 30.3 Å². The minimum absolute atomic E-state index is 0.0871. The van der Waals surface area contributed by atoms with Gasteiger partial charge in [0.05, 0.1) is 5.92 Å². The Labute approximate surface area is 164 Å². The van der Waals surface area contributed by atoms with E-state index < -0.39 is 10.0 Å². The molecule has 2 aliphatic heterocycles. The van der Waals surface area contributed by atoms with Crippen molar-refractivity contribution in [2.24, 2.45) is 11.8 Å². The first-order valence-corrected chi connectivity index (χ1v) is 11.3. The number of amides is 1. The van der Waals surface area contributed by atoms with E-state index in [4.69, 9.17) is 4.42 Å². The van der Waals surface area contributed by atoms with Crippen molar-refractivity contribution in [1.82, 2.24) is 19.4 Å². The van der Waals surface area contributed by atoms with Crippen molar-refractivity contribution in [3.05, 3.63) is 24.4 Å². The average Bonchev–Trinajstić information content (AvgIpc) is 3.39. The third kappa shape index (κ3) is 3.73. The predicted octanol–water partition coefficient (Wildman–Crippen LogP) is 2.33. The van der Waals surface area contributed by atoms with Gasteiger partial charge in [-0.3, -0.25) is 9.89 Å². The maximum absolute atomic E-state index is 13.0. The molecule has 0 bridgehead atoms. The highest BCUT2D eigenvalue weighted by Crippen LogP contribution is 2.29. The fourth-order valence-corrected chi connectivity index (χ4v) is 5.57. The second-order valence-corrected chi connectivity index (χ2v) is 9.69. The second kappa shape index (κ2) is 7.71. The number of sulfonamides is 1. The highest BCUT2D eigenvalue weighted by Gasteiger charge is 2.37. The van der Waals surface area contributed by atoms with Crippen molar-refractivity contribution in [1.29, 1.82) is 0 Å². The number of aromatic nitrogens is 2. The van der Waals surface area contributed by atoms with Crippen molar-refractivity contribution in [2.45, 2.75) is 37.7 Å². The molecule has 9 heteroatoms. The molecule has 0 spiro atoms. The number of carbonyl (C=O) groups excluding carboxylic acids is 1. The molecule has 2 aromatic heterocycles. The van der Waals surface area contributed by atoms with Gasteiger partial charge < -0.3 is 9.32 Å². The number of aromatic amines is 1. The van der Waals surface area contributed by atoms with Crippen LogP contribution in [0.25, 0.3) is 11.5 Å². The molecule has 28 heavy (non-hydrogen) atoms. The van der Waals surface area contributed by atoms with Crippen LogP contribution in [0.5, 0.6) is 0 Å². The van der Waals surface area contributed by atoms with E-state index in [1.54, 1.807) is 18.3 Å². The summed E-state index contributed by atoms with van der Waals surface area (Å²) in [6.07, 6.45) is 5.14. The summed E-state index contributed by atoms with van der Waals surface area (Å²) in [5, 5.41) is 6.51. The van der Waals surface area contributed by atoms with Gasteiger partial charge in [0.2, 0.25) is 11.0 Å². The summed E-state index contributed by atoms with van der Waals surface area (Å²) in [5.41, 5.74) is 0.618. The molecular formula is C19H26N4O4S. The van der Waals surface area contributed by atoms with Gasteiger partial charge in [0.15, 0.2) is 5.76 Å². The number of nitrogens with zero attached hydrogens (tertiary/aromatic N) is 3. The lowest BCUT2D eigenvalue weighted by Crippen LogP contribution is -2.48. The summed E-state index contributed by atoms with van der Waals surface area (Å²) < 4.78 is 33.1. The average molecular weight is 407 g/mol. The molecule has 1 N–H and O–H groups in total. The van der Waals surface area contributed by atoms with Gasteiger partial charge in [-0.05, 0) is 49.8 Å². The lowest BCUT2D eigenvalue weighted by atomic mass is 9.94. The van der Waals surface area contributed by atoms with Crippen molar-refractivity contribution in [3.8, 4) is 11.5 Å². The molecule has 0 radical (unpaired) electrons. The standard InChI is InChI=1S/C19H26N4O4S/c1-14-4-2-10-22(12-14)19(24)15-5-3-11-23(13-15)28(25,26)18-7-6-17(27-18)16-8-9-20-21-16/h6-9,14-15H,2-5,10-13H2,1H3,(H,20,21)/t14-,15+/m1/s1. The molecule has 4 heterocycles. The largest absolute Gasteiger partial charge is 0.442 e. The van der Waals surface area contributed by atoms with Gasteiger partial charge in [-0.2, -0.15) is 9.40 Å². The first kappa shape index (κ1) is 19.2. The lowest BCUT2D eigenvalue weighted by Gasteiger charge is -2.37. The molecule has 2 aliphatic rings. The Morgan fingerprint density at radius 3 is 2.75 bits per heavy atom. The number of likely N-dealkylation sites (tertiary alicyclic amines) is 1. The number of carbonyl (C=O) groups is 1. The molecule has 0 unspecified atom stereocenters. The molecule has 2 fully saturated rings. The molecule has 0 aromatic carbocycles. The van der Waals surface area contributed by atoms with E-state index in [1.807, 2.05) is 4.90 Å². The number of H-pyrrole nitrogens is 1. The van der Waals surface area contributed by atoms with Crippen molar-refractivity contribution < 1.29 is 17.6 Å². The summed E-state index contributed by atoms with van der Waals surface area (Å²) in [7, 11) is -3.78. The molecule has 1 amide bonds. The highest BCUT2D eigenvalue weighted by atomic mass is 32.2. The Kier molecular flexibility index (Phi) is 5.29. The molecule has 4 rings (SSSR count). The maximum Gasteiger partial charge on any atom is 0.276 e. The monoisotopic (exact) mass is 406 g/mol. The molecule has 2 aromatic rings. The fourth-order valence-electron chi connectivity index (χ4n) is 4.13. The van der Waals surface area contributed by atoms with Crippen LogP contribution in [-0.2, 0) is 14.8 Å². The van der Waals surface area contributed by atoms with Crippen LogP contribution in [-0.4, -0.2) is 59.9 Å². The molecule has 152 valence electrons. The quantitative estimate of drug-likeness (QED) is 0.840. The van der Waals surface area contributed by atoms with E-state index >= 15 is 0 Å². The van der Waals surface area contributed by atoms with Crippen LogP contribution in [0.3, 0.4) is 0 Å². The van der Waals surface area contributed by atoms with Gasteiger partial charge in [0, 0.05) is 32.4 Å². The molecule has 2 atom stereocenters. The zero-order valence-electron chi connectivity index (χ0n) is 16.0. The molecule has 0 saturated carbocycles. The van der Waals surface area contributed by atoms with Crippen LogP contribution in [0.15, 0.2) is 33.9 Å². The SMILES string of the molecule is C[C@@H]1CCCN(C(=O)[C@H]2CCCN(S(=O)(=O)c3ccc(-c4ccn[nH]4)o3)C2)C1. The predicted molar refractivity (Wildman–Crippen MR) is 103 cm³/mol. The maximum atomic E-state index is 13.0. The minimum atomic E-state index is -3.78. The van der Waals surface area contributed by atoms with Crippen LogP contribution in [0.1, 0.15) is 32.6 Å². The van der Waals surface area contributed by atoms with E-state index in [0.717, 1.165) is 32.4 Å². The van der Waals surface area contributed by atoms with Crippen LogP contribution >= 0.6 is 0 Å². The molecular weight excluding hydrogens is 380 g/mol. The van der Waals surface area contributed by atoms with Gasteiger partial charge in [-0.15, -0.1) is 0 Å². The van der Waals surface area contributed by atoms with Gasteiger partial charge in [-0.1, -0.05) is 6.92 Å². The van der Waals surface area contributed by atoms with Crippen LogP contribution in [0, 0.1) is 11.8 Å². The zero-order chi connectivity index (χ0) is 19.7. The van der Waals surface area contributed by atoms with Crippen molar-refractivity contribution in [2.75, 3.05) is 26.2 Å². The normalized spacial score (nSPS) is 24.4. The highest BCUT2D eigenvalue weighted by molar-refractivity contribution is 7.89. The summed E-state index contributed by atoms with van der Waals surface area (Å²) in [6.45, 7) is 4.33. The number of piperidine rings is 2. The van der Waals surface area contributed by atoms with Gasteiger partial charge in [-0.25, -0.2) is 8.42 Å². The first-order chi connectivity index (χ1) is 13.4. The Bertz CT molecular complexity index is 922. The first-order valence-electron chi connectivity index (χ1n) is 9.83. The summed E-state index contributed by atoms with van der Waals surface area (Å²) in [4.78, 5) is 14.9. The number of nitrogens with one attached hydrogen (secondary N) is 1. The minimum Gasteiger partial charge on any atom is -0.442 e. The molecule has 2 saturated heterocycles. The summed E-state index contributed by atoms with van der Waals surface area (Å²) >= 11 is 0. The lowest BCUT2D eigenvalue weighted by molar-refractivity contribution is -0.138. The Morgan fingerprint density at radius 2 is 2.00 bits per heavy atom. The number of hydrogen-bond donors (Lipinski definition) is 1. The van der Waals surface area contributed by atoms with Crippen molar-refractivity contribution in [3.63, 3.8) is 0 Å². The van der Waals surface area contributed by atoms with Gasteiger partial charge in [0.25, 0.3) is 10.0 Å². The Balaban J connectivity index is 1.48. The van der Waals surface area contributed by atoms with Crippen LogP contribution < -0.4 is 0 Å². The van der Waals surface area contributed by atoms with Crippen LogP contribution in [0.4, 0.5) is 0 Å². The smallest absolute Gasteiger partial charge is 0.276 e. The van der Waals surface area contributed by atoms with Gasteiger partial charge in [0.1, 0.15) is 5.69 Å². The van der Waals surface area contributed by atoms with Crippen molar-refractivity contribution >= 4 is 15.9 Å². The number of rotatable bonds is 4. The molecule has 0 aliphatic carbocycles. The van der Waals surface area contributed by atoms with Gasteiger partial charge >= 0.3 is 0 Å². The third-order valence-electron chi connectivity index (χ3n) is 5.64. The topological polar surface area (TPSA) is 99.5 Å². The van der Waals surface area contributed by atoms with Crippen LogP contribution in [0.2, 0.25) is 0 Å². The number of hydrogen-bond acceptors (Lipinski definition) is 5. The van der Waals surface area contributed by atoms with E-state index in [2.05, 4.69) is 17.1 Å². The summed E-state index contributed by atoms with van der Waals surface area (Å²) in [6, 6.07) is 4.79. The van der Waals surface area contributed by atoms with E-state index in [9.17, 15) is 13.2 Å². The fraction of sp³-hybridized carbons (Fsp3) is 0.579. The van der Waals surface area contributed by atoms with E-state index in [1.165, 1.54) is 10.4 Å². The third-order valence-corrected chi connectivity index (χ3v) is 7.38. The second-order valence-electron chi connectivity index (χ2n) is 7.82. The summed E-state index contributed by atoms with van der Waals surface area (Å²) in [5.74, 6) is 0.730. The Morgan fingerprint density at radius 1 is 1.18 bits per heavy atom. The van der Waals surface area contributed by atoms with E-state index in [-0.39, 0.29) is 23.5 Å². The number of furan rings is 1. The molecule has 8 nitrogen and oxygen atoms in total. The zero-order valence-corrected chi connectivity index (χ0v) is 16.8.